The fraction of sp³-hybridized carbons (Fsp3) is 0.462. The number of hydrogen-bond donors (Lipinski definition) is 1. The Morgan fingerprint density at radius 3 is 2.85 bits per heavy atom. The molecule has 7 heteroatoms. The molecule has 1 heterocycles. The SMILES string of the molecule is O=C(O)CN1CCOC(c2cccc(C(F)(F)F)c2)C1. The average Bonchev–Trinajstić information content (AvgIpc) is 2.37. The molecule has 1 N–H and O–H groups in total. The summed E-state index contributed by atoms with van der Waals surface area (Å²) in [7, 11) is 0. The Morgan fingerprint density at radius 2 is 2.20 bits per heavy atom. The third kappa shape index (κ3) is 3.71. The second kappa shape index (κ2) is 5.80. The van der Waals surface area contributed by atoms with E-state index in [0.29, 0.717) is 18.7 Å². The smallest absolute Gasteiger partial charge is 0.416 e. The molecule has 1 aromatic carbocycles. The Kier molecular flexibility index (Phi) is 4.29. The highest BCUT2D eigenvalue weighted by Crippen LogP contribution is 2.32. The molecule has 0 aromatic heterocycles. The van der Waals surface area contributed by atoms with E-state index < -0.39 is 23.8 Å². The first-order valence-electron chi connectivity index (χ1n) is 6.09. The number of rotatable bonds is 3. The number of halogens is 3. The molecular formula is C13H14F3NO3. The van der Waals surface area contributed by atoms with Crippen LogP contribution in [0.15, 0.2) is 24.3 Å². The summed E-state index contributed by atoms with van der Waals surface area (Å²) in [6.45, 7) is 0.891. The van der Waals surface area contributed by atoms with Crippen molar-refractivity contribution in [2.75, 3.05) is 26.2 Å². The van der Waals surface area contributed by atoms with Gasteiger partial charge in [-0.15, -0.1) is 0 Å². The van der Waals surface area contributed by atoms with Crippen molar-refractivity contribution in [2.45, 2.75) is 12.3 Å². The molecule has 1 aliphatic rings. The Labute approximate surface area is 113 Å². The van der Waals surface area contributed by atoms with Crippen LogP contribution in [-0.2, 0) is 15.7 Å². The van der Waals surface area contributed by atoms with E-state index in [2.05, 4.69) is 0 Å². The summed E-state index contributed by atoms with van der Waals surface area (Å²) in [5.74, 6) is -0.963. The highest BCUT2D eigenvalue weighted by atomic mass is 19.4. The minimum atomic E-state index is -4.40. The molecule has 0 saturated carbocycles. The summed E-state index contributed by atoms with van der Waals surface area (Å²) >= 11 is 0. The van der Waals surface area contributed by atoms with Gasteiger partial charge >= 0.3 is 12.1 Å². The van der Waals surface area contributed by atoms with E-state index in [-0.39, 0.29) is 13.1 Å². The van der Waals surface area contributed by atoms with Gasteiger partial charge in [-0.2, -0.15) is 13.2 Å². The van der Waals surface area contributed by atoms with Crippen LogP contribution < -0.4 is 0 Å². The maximum absolute atomic E-state index is 12.7. The van der Waals surface area contributed by atoms with Crippen molar-refractivity contribution in [3.63, 3.8) is 0 Å². The molecule has 0 spiro atoms. The molecule has 2 rings (SSSR count). The summed E-state index contributed by atoms with van der Waals surface area (Å²) in [5.41, 5.74) is -0.316. The Balaban J connectivity index is 2.13. The van der Waals surface area contributed by atoms with Gasteiger partial charge < -0.3 is 9.84 Å². The van der Waals surface area contributed by atoms with Gasteiger partial charge in [0.2, 0.25) is 0 Å². The van der Waals surface area contributed by atoms with E-state index in [4.69, 9.17) is 9.84 Å². The molecule has 1 unspecified atom stereocenters. The number of carbonyl (C=O) groups is 1. The Bertz CT molecular complexity index is 490. The van der Waals surface area contributed by atoms with Crippen molar-refractivity contribution >= 4 is 5.97 Å². The lowest BCUT2D eigenvalue weighted by Crippen LogP contribution is -2.41. The number of benzene rings is 1. The van der Waals surface area contributed by atoms with Crippen LogP contribution in [0.1, 0.15) is 17.2 Å². The molecule has 4 nitrogen and oxygen atoms in total. The summed E-state index contributed by atoms with van der Waals surface area (Å²) in [6, 6.07) is 4.94. The maximum Gasteiger partial charge on any atom is 0.416 e. The first-order chi connectivity index (χ1) is 9.36. The summed E-state index contributed by atoms with van der Waals surface area (Å²) in [6.07, 6.45) is -4.93. The molecule has 20 heavy (non-hydrogen) atoms. The van der Waals surface area contributed by atoms with Crippen molar-refractivity contribution < 1.29 is 27.8 Å². The first kappa shape index (κ1) is 14.8. The maximum atomic E-state index is 12.7. The normalized spacial score (nSPS) is 20.9. The zero-order chi connectivity index (χ0) is 14.8. The van der Waals surface area contributed by atoms with Gasteiger partial charge in [0.15, 0.2) is 0 Å². The predicted molar refractivity (Wildman–Crippen MR) is 64.2 cm³/mol. The highest BCUT2D eigenvalue weighted by Gasteiger charge is 2.32. The summed E-state index contributed by atoms with van der Waals surface area (Å²) < 4.78 is 43.4. The molecule has 1 aliphatic heterocycles. The van der Waals surface area contributed by atoms with E-state index >= 15 is 0 Å². The van der Waals surface area contributed by atoms with Crippen molar-refractivity contribution in [2.24, 2.45) is 0 Å². The second-order valence-electron chi connectivity index (χ2n) is 4.61. The number of aliphatic carboxylic acids is 1. The van der Waals surface area contributed by atoms with Crippen LogP contribution in [0.25, 0.3) is 0 Å². The van der Waals surface area contributed by atoms with Crippen molar-refractivity contribution in [3.8, 4) is 0 Å². The molecule has 1 saturated heterocycles. The van der Waals surface area contributed by atoms with E-state index in [1.54, 1.807) is 11.0 Å². The fourth-order valence-electron chi connectivity index (χ4n) is 2.15. The fourth-order valence-corrected chi connectivity index (χ4v) is 2.15. The lowest BCUT2D eigenvalue weighted by molar-refractivity contribution is -0.140. The molecule has 0 amide bonds. The van der Waals surface area contributed by atoms with E-state index in [1.807, 2.05) is 0 Å². The van der Waals surface area contributed by atoms with Crippen molar-refractivity contribution in [1.29, 1.82) is 0 Å². The zero-order valence-corrected chi connectivity index (χ0v) is 10.6. The van der Waals surface area contributed by atoms with Crippen LogP contribution in [0.5, 0.6) is 0 Å². The average molecular weight is 289 g/mol. The molecule has 0 aliphatic carbocycles. The lowest BCUT2D eigenvalue weighted by Gasteiger charge is -2.32. The van der Waals surface area contributed by atoms with Crippen LogP contribution >= 0.6 is 0 Å². The van der Waals surface area contributed by atoms with Crippen molar-refractivity contribution in [1.82, 2.24) is 4.90 Å². The predicted octanol–water partition coefficient (Wildman–Crippen LogP) is 2.16. The molecule has 0 radical (unpaired) electrons. The van der Waals surface area contributed by atoms with Gasteiger partial charge in [0.25, 0.3) is 0 Å². The molecule has 1 aromatic rings. The van der Waals surface area contributed by atoms with E-state index in [0.717, 1.165) is 12.1 Å². The number of morpholine rings is 1. The van der Waals surface area contributed by atoms with E-state index in [1.165, 1.54) is 6.07 Å². The largest absolute Gasteiger partial charge is 0.480 e. The number of hydrogen-bond acceptors (Lipinski definition) is 3. The van der Waals surface area contributed by atoms with Crippen LogP contribution in [-0.4, -0.2) is 42.2 Å². The van der Waals surface area contributed by atoms with Gasteiger partial charge in [0, 0.05) is 13.1 Å². The molecule has 1 atom stereocenters. The number of alkyl halides is 3. The van der Waals surface area contributed by atoms with Crippen LogP contribution in [0, 0.1) is 0 Å². The lowest BCUT2D eigenvalue weighted by atomic mass is 10.0. The molecule has 1 fully saturated rings. The first-order valence-corrected chi connectivity index (χ1v) is 6.09. The van der Waals surface area contributed by atoms with Gasteiger partial charge in [-0.05, 0) is 17.7 Å². The minimum absolute atomic E-state index is 0.140. The number of nitrogens with zero attached hydrogens (tertiary/aromatic N) is 1. The van der Waals surface area contributed by atoms with Crippen LogP contribution in [0.2, 0.25) is 0 Å². The molecule has 110 valence electrons. The second-order valence-corrected chi connectivity index (χ2v) is 4.61. The van der Waals surface area contributed by atoms with Gasteiger partial charge in [-0.25, -0.2) is 0 Å². The monoisotopic (exact) mass is 289 g/mol. The van der Waals surface area contributed by atoms with Gasteiger partial charge in [0.05, 0.1) is 24.8 Å². The zero-order valence-electron chi connectivity index (χ0n) is 10.6. The standard InChI is InChI=1S/C13H14F3NO3/c14-13(15,16)10-3-1-2-9(6-10)11-7-17(4-5-20-11)8-12(18)19/h1-3,6,11H,4-5,7-8H2,(H,18,19). The topological polar surface area (TPSA) is 49.8 Å². The third-order valence-electron chi connectivity index (χ3n) is 3.10. The molecular weight excluding hydrogens is 275 g/mol. The van der Waals surface area contributed by atoms with Gasteiger partial charge in [-0.1, -0.05) is 12.1 Å². The highest BCUT2D eigenvalue weighted by molar-refractivity contribution is 5.69. The van der Waals surface area contributed by atoms with E-state index in [9.17, 15) is 18.0 Å². The number of carboxylic acids is 1. The minimum Gasteiger partial charge on any atom is -0.480 e. The number of ether oxygens (including phenoxy) is 1. The Hall–Kier alpha value is -1.60. The summed E-state index contributed by atoms with van der Waals surface area (Å²) in [5, 5.41) is 8.74. The summed E-state index contributed by atoms with van der Waals surface area (Å²) in [4.78, 5) is 12.3. The Morgan fingerprint density at radius 1 is 1.45 bits per heavy atom. The van der Waals surface area contributed by atoms with Crippen LogP contribution in [0.3, 0.4) is 0 Å². The number of carboxylic acid groups (broad SMARTS) is 1. The molecule has 0 bridgehead atoms. The van der Waals surface area contributed by atoms with Gasteiger partial charge in [0.1, 0.15) is 0 Å². The van der Waals surface area contributed by atoms with Crippen LogP contribution in [0.4, 0.5) is 13.2 Å². The third-order valence-corrected chi connectivity index (χ3v) is 3.10. The quantitative estimate of drug-likeness (QED) is 0.926. The van der Waals surface area contributed by atoms with Gasteiger partial charge in [-0.3, -0.25) is 9.69 Å². The van der Waals surface area contributed by atoms with Crippen molar-refractivity contribution in [3.05, 3.63) is 35.4 Å².